The molecule has 148 valence electrons. The quantitative estimate of drug-likeness (QED) is 0.250. The van der Waals surface area contributed by atoms with Gasteiger partial charge in [-0.25, -0.2) is 8.78 Å². The van der Waals surface area contributed by atoms with E-state index in [2.05, 4.69) is 15.3 Å². The van der Waals surface area contributed by atoms with Gasteiger partial charge in [0.1, 0.15) is 18.1 Å². The maximum Gasteiger partial charge on any atom is 0.212 e. The fourth-order valence-corrected chi connectivity index (χ4v) is 2.83. The Hall–Kier alpha value is -2.82. The molecule has 1 aromatic carbocycles. The first kappa shape index (κ1) is 19.9. The van der Waals surface area contributed by atoms with E-state index in [0.29, 0.717) is 16.7 Å². The van der Waals surface area contributed by atoms with Crippen LogP contribution in [0.4, 0.5) is 17.6 Å². The Bertz CT molecular complexity index is 993. The zero-order valence-corrected chi connectivity index (χ0v) is 15.6. The normalized spacial score (nSPS) is 11.5. The van der Waals surface area contributed by atoms with Crippen molar-refractivity contribution in [2.45, 2.75) is 25.6 Å². The summed E-state index contributed by atoms with van der Waals surface area (Å²) < 4.78 is 65.4. The number of benzene rings is 1. The van der Waals surface area contributed by atoms with Gasteiger partial charge >= 0.3 is 0 Å². The molecule has 0 atom stereocenters. The molecule has 0 amide bonds. The smallest absolute Gasteiger partial charge is 0.212 e. The van der Waals surface area contributed by atoms with Gasteiger partial charge in [-0.2, -0.15) is 18.6 Å². The number of aryl methyl sites for hydroxylation is 1. The molecule has 2 aromatic heterocycles. The number of aromatic nitrogens is 3. The van der Waals surface area contributed by atoms with Crippen molar-refractivity contribution in [3.63, 3.8) is 0 Å². The van der Waals surface area contributed by atoms with Crippen LogP contribution in [0.5, 0.6) is 5.75 Å². The number of nitrogens with zero attached hydrogens (tertiary/aromatic N) is 4. The summed E-state index contributed by atoms with van der Waals surface area (Å²) in [7, 11) is 0. The second-order valence-corrected chi connectivity index (χ2v) is 6.64. The Morgan fingerprint density at radius 2 is 1.89 bits per heavy atom. The van der Waals surface area contributed by atoms with Gasteiger partial charge in [0.25, 0.3) is 0 Å². The van der Waals surface area contributed by atoms with Crippen molar-refractivity contribution in [1.29, 1.82) is 0 Å². The van der Waals surface area contributed by atoms with E-state index in [1.807, 2.05) is 6.92 Å². The van der Waals surface area contributed by atoms with Crippen molar-refractivity contribution < 1.29 is 26.7 Å². The minimum atomic E-state index is -1.61. The number of thioether (sulfide) groups is 1. The summed E-state index contributed by atoms with van der Waals surface area (Å²) in [5, 5.41) is 12.8. The van der Waals surface area contributed by atoms with E-state index >= 15 is 0 Å². The van der Waals surface area contributed by atoms with E-state index < -0.39 is 35.6 Å². The third-order valence-electron chi connectivity index (χ3n) is 3.45. The van der Waals surface area contributed by atoms with Crippen LogP contribution >= 0.6 is 11.8 Å². The van der Waals surface area contributed by atoms with E-state index in [4.69, 9.17) is 9.15 Å². The van der Waals surface area contributed by atoms with E-state index in [9.17, 15) is 17.6 Å². The van der Waals surface area contributed by atoms with Crippen LogP contribution in [0, 0.1) is 30.2 Å². The highest BCUT2D eigenvalue weighted by Crippen LogP contribution is 2.27. The summed E-state index contributed by atoms with van der Waals surface area (Å²) in [6.45, 7) is 3.28. The van der Waals surface area contributed by atoms with E-state index in [0.717, 1.165) is 5.75 Å². The predicted octanol–water partition coefficient (Wildman–Crippen LogP) is 4.31. The van der Waals surface area contributed by atoms with Crippen LogP contribution in [0.25, 0.3) is 0 Å². The fraction of sp³-hybridized carbons (Fsp3) is 0.235. The topological polar surface area (TPSA) is 65.4 Å². The van der Waals surface area contributed by atoms with Gasteiger partial charge in [0.05, 0.1) is 6.21 Å². The Morgan fingerprint density at radius 1 is 1.18 bits per heavy atom. The van der Waals surface area contributed by atoms with Crippen molar-refractivity contribution >= 4 is 18.0 Å². The monoisotopic (exact) mass is 414 g/mol. The van der Waals surface area contributed by atoms with Crippen molar-refractivity contribution in [3.05, 3.63) is 58.8 Å². The van der Waals surface area contributed by atoms with Gasteiger partial charge in [-0.15, -0.1) is 10.2 Å². The molecule has 3 rings (SSSR count). The lowest BCUT2D eigenvalue weighted by atomic mass is 10.3. The first-order chi connectivity index (χ1) is 13.4. The molecule has 0 aliphatic heterocycles. The molecule has 0 N–H and O–H groups in total. The summed E-state index contributed by atoms with van der Waals surface area (Å²) in [6.07, 6.45) is 1.41. The van der Waals surface area contributed by atoms with Crippen LogP contribution in [0.15, 0.2) is 32.9 Å². The molecule has 0 bridgehead atoms. The molecule has 0 saturated carbocycles. The largest absolute Gasteiger partial charge is 0.479 e. The van der Waals surface area contributed by atoms with Crippen LogP contribution in [0.2, 0.25) is 0 Å². The van der Waals surface area contributed by atoms with Crippen molar-refractivity contribution in [1.82, 2.24) is 14.9 Å². The minimum Gasteiger partial charge on any atom is -0.479 e. The average Bonchev–Trinajstić information content (AvgIpc) is 3.25. The predicted molar refractivity (Wildman–Crippen MR) is 93.5 cm³/mol. The van der Waals surface area contributed by atoms with Gasteiger partial charge in [-0.1, -0.05) is 18.7 Å². The van der Waals surface area contributed by atoms with Crippen LogP contribution in [0.1, 0.15) is 24.3 Å². The lowest BCUT2D eigenvalue weighted by Crippen LogP contribution is -2.03. The van der Waals surface area contributed by atoms with Gasteiger partial charge in [0, 0.05) is 6.07 Å². The van der Waals surface area contributed by atoms with Crippen molar-refractivity contribution in [2.24, 2.45) is 5.10 Å². The Labute approximate surface area is 161 Å². The summed E-state index contributed by atoms with van der Waals surface area (Å²) in [6, 6.07) is 3.14. The number of halogens is 4. The first-order valence-electron chi connectivity index (χ1n) is 8.04. The van der Waals surface area contributed by atoms with Crippen LogP contribution in [0.3, 0.4) is 0 Å². The number of hydrogen-bond acceptors (Lipinski definition) is 6. The maximum absolute atomic E-state index is 13.6. The van der Waals surface area contributed by atoms with Gasteiger partial charge in [0.2, 0.25) is 16.8 Å². The highest BCUT2D eigenvalue weighted by atomic mass is 32.2. The lowest BCUT2D eigenvalue weighted by Gasteiger charge is -2.08. The molecule has 0 saturated heterocycles. The Balaban J connectivity index is 1.71. The fourth-order valence-electron chi connectivity index (χ4n) is 2.17. The van der Waals surface area contributed by atoms with Gasteiger partial charge in [0.15, 0.2) is 23.2 Å². The van der Waals surface area contributed by atoms with E-state index in [-0.39, 0.29) is 11.8 Å². The Kier molecular flexibility index (Phi) is 6.02. The van der Waals surface area contributed by atoms with Gasteiger partial charge in [-0.3, -0.25) is 0 Å². The van der Waals surface area contributed by atoms with E-state index in [1.165, 1.54) is 28.7 Å². The summed E-state index contributed by atoms with van der Waals surface area (Å²) >= 11 is 1.47. The maximum atomic E-state index is 13.6. The SMILES string of the molecule is CCSc1nnc(C)n1/N=C\c1ccc(COc2c(F)c(F)cc(F)c2F)o1. The molecule has 0 spiro atoms. The van der Waals surface area contributed by atoms with Crippen molar-refractivity contribution in [2.75, 3.05) is 5.75 Å². The average molecular weight is 414 g/mol. The molecular formula is C17H14F4N4O2S. The molecule has 2 heterocycles. The molecule has 0 fully saturated rings. The minimum absolute atomic E-state index is 0.108. The lowest BCUT2D eigenvalue weighted by molar-refractivity contribution is 0.237. The molecule has 11 heteroatoms. The third-order valence-corrected chi connectivity index (χ3v) is 4.26. The zero-order valence-electron chi connectivity index (χ0n) is 14.7. The standard InChI is InChI=1S/C17H14F4N4O2S/c1-3-28-17-24-23-9(2)25(17)22-7-10-4-5-11(27-10)8-26-16-14(20)12(18)6-13(19)15(16)21/h4-7H,3,8H2,1-2H3/b22-7-. The molecule has 0 radical (unpaired) electrons. The first-order valence-corrected chi connectivity index (χ1v) is 9.03. The summed E-state index contributed by atoms with van der Waals surface area (Å²) in [4.78, 5) is 0. The Morgan fingerprint density at radius 3 is 2.57 bits per heavy atom. The summed E-state index contributed by atoms with van der Waals surface area (Å²) in [5.74, 6) is -5.60. The second kappa shape index (κ2) is 8.46. The molecule has 0 aliphatic rings. The van der Waals surface area contributed by atoms with E-state index in [1.54, 1.807) is 13.0 Å². The number of ether oxygens (including phenoxy) is 1. The van der Waals surface area contributed by atoms with Crippen LogP contribution < -0.4 is 4.74 Å². The third kappa shape index (κ3) is 4.19. The highest BCUT2D eigenvalue weighted by Gasteiger charge is 2.21. The number of hydrogen-bond donors (Lipinski definition) is 0. The van der Waals surface area contributed by atoms with Crippen LogP contribution in [-0.4, -0.2) is 26.8 Å². The van der Waals surface area contributed by atoms with Crippen molar-refractivity contribution in [3.8, 4) is 5.75 Å². The molecule has 3 aromatic rings. The molecule has 6 nitrogen and oxygen atoms in total. The highest BCUT2D eigenvalue weighted by molar-refractivity contribution is 7.99. The molecular weight excluding hydrogens is 400 g/mol. The van der Waals surface area contributed by atoms with Crippen LogP contribution in [-0.2, 0) is 6.61 Å². The van der Waals surface area contributed by atoms with Gasteiger partial charge < -0.3 is 9.15 Å². The number of rotatable bonds is 7. The number of furan rings is 1. The second-order valence-electron chi connectivity index (χ2n) is 5.41. The zero-order chi connectivity index (χ0) is 20.3. The van der Waals surface area contributed by atoms with Gasteiger partial charge in [-0.05, 0) is 24.8 Å². The molecule has 28 heavy (non-hydrogen) atoms. The summed E-state index contributed by atoms with van der Waals surface area (Å²) in [5.41, 5.74) is 0. The molecule has 0 unspecified atom stereocenters. The molecule has 0 aliphatic carbocycles.